The van der Waals surface area contributed by atoms with E-state index in [2.05, 4.69) is 9.71 Å². The molecule has 0 aromatic carbocycles. The van der Waals surface area contributed by atoms with Gasteiger partial charge in [0.25, 0.3) is 0 Å². The van der Waals surface area contributed by atoms with Crippen molar-refractivity contribution in [3.8, 4) is 0 Å². The van der Waals surface area contributed by atoms with E-state index < -0.39 is 10.0 Å². The summed E-state index contributed by atoms with van der Waals surface area (Å²) < 4.78 is 26.1. The van der Waals surface area contributed by atoms with Crippen molar-refractivity contribution in [1.82, 2.24) is 14.6 Å². The van der Waals surface area contributed by atoms with E-state index in [-0.39, 0.29) is 4.90 Å². The third-order valence-electron chi connectivity index (χ3n) is 2.17. The second kappa shape index (κ2) is 6.06. The number of likely N-dealkylation sites (N-methyl/N-ethyl adjacent to an activating group) is 1. The number of nitrogens with two attached hydrogens (primary N) is 1. The van der Waals surface area contributed by atoms with Crippen LogP contribution < -0.4 is 10.5 Å². The molecule has 0 fully saturated rings. The van der Waals surface area contributed by atoms with Gasteiger partial charge < -0.3 is 10.6 Å². The van der Waals surface area contributed by atoms with Crippen molar-refractivity contribution in [2.45, 2.75) is 11.4 Å². The minimum Gasteiger partial charge on any atom is -0.325 e. The minimum absolute atomic E-state index is 0.161. The molecule has 0 unspecified atom stereocenters. The maximum atomic E-state index is 11.8. The number of sulfonamides is 1. The summed E-state index contributed by atoms with van der Waals surface area (Å²) in [6.45, 7) is 1.32. The Balaban J connectivity index is 2.68. The molecule has 0 spiro atoms. The Hall–Kier alpha value is -1.02. The quantitative estimate of drug-likeness (QED) is 0.710. The van der Waals surface area contributed by atoms with E-state index in [0.717, 1.165) is 0 Å². The molecule has 0 aliphatic carbocycles. The molecule has 96 valence electrons. The highest BCUT2D eigenvalue weighted by Gasteiger charge is 2.13. The predicted octanol–water partition coefficient (Wildman–Crippen LogP) is -0.620. The van der Waals surface area contributed by atoms with Crippen molar-refractivity contribution in [2.75, 3.05) is 27.2 Å². The molecule has 0 atom stereocenters. The summed E-state index contributed by atoms with van der Waals surface area (Å²) in [4.78, 5) is 6.01. The van der Waals surface area contributed by atoms with Crippen LogP contribution in [0.5, 0.6) is 0 Å². The number of rotatable bonds is 6. The Morgan fingerprint density at radius 1 is 1.41 bits per heavy atom. The third kappa shape index (κ3) is 4.39. The van der Waals surface area contributed by atoms with Crippen molar-refractivity contribution in [1.29, 1.82) is 0 Å². The van der Waals surface area contributed by atoms with Gasteiger partial charge in [0.05, 0.1) is 5.69 Å². The Morgan fingerprint density at radius 3 is 2.59 bits per heavy atom. The van der Waals surface area contributed by atoms with Crippen molar-refractivity contribution in [3.05, 3.63) is 24.0 Å². The lowest BCUT2D eigenvalue weighted by Crippen LogP contribution is -2.31. The molecule has 0 saturated heterocycles. The Kier molecular flexibility index (Phi) is 5.01. The van der Waals surface area contributed by atoms with Crippen molar-refractivity contribution in [3.63, 3.8) is 0 Å². The third-order valence-corrected chi connectivity index (χ3v) is 3.61. The Bertz CT molecular complexity index is 442. The fourth-order valence-corrected chi connectivity index (χ4v) is 2.14. The van der Waals surface area contributed by atoms with E-state index in [4.69, 9.17) is 5.73 Å². The van der Waals surface area contributed by atoms with Gasteiger partial charge in [-0.25, -0.2) is 13.1 Å². The molecule has 0 saturated carbocycles. The molecule has 0 bridgehead atoms. The molecular weight excluding hydrogens is 240 g/mol. The van der Waals surface area contributed by atoms with Crippen LogP contribution in [0.15, 0.2) is 23.2 Å². The molecule has 3 N–H and O–H groups in total. The Labute approximate surface area is 102 Å². The maximum absolute atomic E-state index is 11.8. The molecule has 6 nitrogen and oxygen atoms in total. The van der Waals surface area contributed by atoms with Crippen LogP contribution in [0.25, 0.3) is 0 Å². The smallest absolute Gasteiger partial charge is 0.242 e. The number of hydrogen-bond acceptors (Lipinski definition) is 5. The average Bonchev–Trinajstić information content (AvgIpc) is 2.28. The molecule has 1 heterocycles. The van der Waals surface area contributed by atoms with Gasteiger partial charge in [-0.2, -0.15) is 0 Å². The molecule has 1 aromatic heterocycles. The van der Waals surface area contributed by atoms with Crippen molar-refractivity contribution in [2.24, 2.45) is 5.73 Å². The highest BCUT2D eigenvalue weighted by atomic mass is 32.2. The van der Waals surface area contributed by atoms with Gasteiger partial charge >= 0.3 is 0 Å². The molecule has 17 heavy (non-hydrogen) atoms. The fourth-order valence-electron chi connectivity index (χ4n) is 1.18. The highest BCUT2D eigenvalue weighted by molar-refractivity contribution is 7.89. The molecule has 0 aliphatic rings. The molecule has 0 aliphatic heterocycles. The van der Waals surface area contributed by atoms with Gasteiger partial charge in [-0.15, -0.1) is 0 Å². The van der Waals surface area contributed by atoms with Crippen LogP contribution in [-0.2, 0) is 16.6 Å². The topological polar surface area (TPSA) is 88.3 Å². The van der Waals surface area contributed by atoms with E-state index >= 15 is 0 Å². The molecule has 1 aromatic rings. The van der Waals surface area contributed by atoms with Crippen LogP contribution in [0, 0.1) is 0 Å². The normalized spacial score (nSPS) is 12.0. The van der Waals surface area contributed by atoms with Gasteiger partial charge in [-0.1, -0.05) is 0 Å². The van der Waals surface area contributed by atoms with E-state index in [0.29, 0.717) is 25.3 Å². The second-order valence-corrected chi connectivity index (χ2v) is 5.66. The second-order valence-electron chi connectivity index (χ2n) is 3.89. The van der Waals surface area contributed by atoms with E-state index in [9.17, 15) is 8.42 Å². The fraction of sp³-hybridized carbons (Fsp3) is 0.500. The zero-order chi connectivity index (χ0) is 12.9. The summed E-state index contributed by atoms with van der Waals surface area (Å²) in [7, 11) is 0.301. The predicted molar refractivity (Wildman–Crippen MR) is 65.9 cm³/mol. The highest BCUT2D eigenvalue weighted by Crippen LogP contribution is 2.07. The maximum Gasteiger partial charge on any atom is 0.242 e. The SMILES string of the molecule is CN(C)CCNS(=O)(=O)c1ccc(CN)nc1. The van der Waals surface area contributed by atoms with Gasteiger partial charge in [0.2, 0.25) is 10.0 Å². The summed E-state index contributed by atoms with van der Waals surface area (Å²) >= 11 is 0. The van der Waals surface area contributed by atoms with Crippen molar-refractivity contribution < 1.29 is 8.42 Å². The van der Waals surface area contributed by atoms with Crippen LogP contribution in [0.4, 0.5) is 0 Å². The Morgan fingerprint density at radius 2 is 2.12 bits per heavy atom. The van der Waals surface area contributed by atoms with Crippen molar-refractivity contribution >= 4 is 10.0 Å². The molecule has 0 amide bonds. The lowest BCUT2D eigenvalue weighted by atomic mass is 10.4. The number of nitrogens with zero attached hydrogens (tertiary/aromatic N) is 2. The van der Waals surface area contributed by atoms with Crippen LogP contribution in [0.3, 0.4) is 0 Å². The van der Waals surface area contributed by atoms with Gasteiger partial charge in [0.1, 0.15) is 4.90 Å². The van der Waals surface area contributed by atoms with Crippen LogP contribution >= 0.6 is 0 Å². The summed E-state index contributed by atoms with van der Waals surface area (Å²) in [6.07, 6.45) is 1.32. The van der Waals surface area contributed by atoms with E-state index in [1.807, 2.05) is 19.0 Å². The van der Waals surface area contributed by atoms with Crippen LogP contribution in [0.1, 0.15) is 5.69 Å². The zero-order valence-electron chi connectivity index (χ0n) is 10.0. The zero-order valence-corrected chi connectivity index (χ0v) is 10.9. The summed E-state index contributed by atoms with van der Waals surface area (Å²) in [5.74, 6) is 0. The van der Waals surface area contributed by atoms with Crippen LogP contribution in [0.2, 0.25) is 0 Å². The van der Waals surface area contributed by atoms with Gasteiger partial charge in [0, 0.05) is 25.8 Å². The average molecular weight is 258 g/mol. The van der Waals surface area contributed by atoms with Gasteiger partial charge in [0.15, 0.2) is 0 Å². The first kappa shape index (κ1) is 14.0. The standard InChI is InChI=1S/C10H18N4O2S/c1-14(2)6-5-13-17(15,16)10-4-3-9(7-11)12-8-10/h3-4,8,13H,5-7,11H2,1-2H3. The summed E-state index contributed by atoms with van der Waals surface area (Å²) in [5.41, 5.74) is 6.05. The molecule has 1 rings (SSSR count). The monoisotopic (exact) mass is 258 g/mol. The lowest BCUT2D eigenvalue weighted by molar-refractivity contribution is 0.412. The van der Waals surface area contributed by atoms with Gasteiger partial charge in [-0.3, -0.25) is 4.98 Å². The lowest BCUT2D eigenvalue weighted by Gasteiger charge is -2.10. The van der Waals surface area contributed by atoms with E-state index in [1.54, 1.807) is 6.07 Å². The first-order valence-corrected chi connectivity index (χ1v) is 6.73. The number of hydrogen-bond donors (Lipinski definition) is 2. The van der Waals surface area contributed by atoms with Gasteiger partial charge in [-0.05, 0) is 26.2 Å². The summed E-state index contributed by atoms with van der Waals surface area (Å²) in [6, 6.07) is 3.12. The van der Waals surface area contributed by atoms with Crippen LogP contribution in [-0.4, -0.2) is 45.5 Å². The molecular formula is C10H18N4O2S. The number of pyridine rings is 1. The largest absolute Gasteiger partial charge is 0.325 e. The molecule has 7 heteroatoms. The van der Waals surface area contributed by atoms with E-state index in [1.165, 1.54) is 12.3 Å². The first-order chi connectivity index (χ1) is 7.95. The first-order valence-electron chi connectivity index (χ1n) is 5.25. The number of nitrogens with one attached hydrogen (secondary N) is 1. The minimum atomic E-state index is -3.46. The number of aromatic nitrogens is 1. The summed E-state index contributed by atoms with van der Waals surface area (Å²) in [5, 5.41) is 0. The molecule has 0 radical (unpaired) electrons.